The molecule has 2 heterocycles. The van der Waals surface area contributed by atoms with Crippen LogP contribution in [0.25, 0.3) is 0 Å². The predicted molar refractivity (Wildman–Crippen MR) is 81.7 cm³/mol. The van der Waals surface area contributed by atoms with E-state index in [9.17, 15) is 9.59 Å². The highest BCUT2D eigenvalue weighted by atomic mass is 16.2. The summed E-state index contributed by atoms with van der Waals surface area (Å²) in [4.78, 5) is 28.4. The standard InChI is InChI=1S/C15H19N5O2/c1-10-6-13(19(2)18-10)17-14(21)8-20-9-16-12(7-15(20)22)11-4-3-5-11/h6-7,9,11H,3-5,8H2,1-2H3,(H,17,21). The van der Waals surface area contributed by atoms with Gasteiger partial charge < -0.3 is 5.32 Å². The molecule has 7 nitrogen and oxygen atoms in total. The Bertz CT molecular complexity index is 758. The highest BCUT2D eigenvalue weighted by molar-refractivity contribution is 5.89. The zero-order valence-corrected chi connectivity index (χ0v) is 12.7. The van der Waals surface area contributed by atoms with E-state index >= 15 is 0 Å². The van der Waals surface area contributed by atoms with Gasteiger partial charge >= 0.3 is 0 Å². The molecule has 1 fully saturated rings. The van der Waals surface area contributed by atoms with Crippen LogP contribution in [0.4, 0.5) is 5.82 Å². The lowest BCUT2D eigenvalue weighted by atomic mass is 9.83. The Morgan fingerprint density at radius 3 is 2.73 bits per heavy atom. The molecule has 0 atom stereocenters. The highest BCUT2D eigenvalue weighted by Crippen LogP contribution is 2.34. The fourth-order valence-corrected chi connectivity index (χ4v) is 2.55. The summed E-state index contributed by atoms with van der Waals surface area (Å²) in [7, 11) is 1.75. The minimum atomic E-state index is -0.275. The fourth-order valence-electron chi connectivity index (χ4n) is 2.55. The Balaban J connectivity index is 1.68. The number of carbonyl (C=O) groups excluding carboxylic acids is 1. The van der Waals surface area contributed by atoms with E-state index in [1.165, 1.54) is 17.3 Å². The van der Waals surface area contributed by atoms with E-state index in [0.717, 1.165) is 24.2 Å². The Morgan fingerprint density at radius 1 is 1.41 bits per heavy atom. The molecule has 1 N–H and O–H groups in total. The molecule has 0 bridgehead atoms. The number of hydrogen-bond acceptors (Lipinski definition) is 4. The third kappa shape index (κ3) is 2.93. The van der Waals surface area contributed by atoms with Crippen molar-refractivity contribution in [2.24, 2.45) is 7.05 Å². The number of hydrogen-bond donors (Lipinski definition) is 1. The van der Waals surface area contributed by atoms with Crippen molar-refractivity contribution in [3.63, 3.8) is 0 Å². The molecule has 0 unspecified atom stereocenters. The van der Waals surface area contributed by atoms with Crippen LogP contribution in [0.2, 0.25) is 0 Å². The van der Waals surface area contributed by atoms with E-state index in [2.05, 4.69) is 15.4 Å². The first-order chi connectivity index (χ1) is 10.5. The first kappa shape index (κ1) is 14.5. The second kappa shape index (κ2) is 5.75. The maximum absolute atomic E-state index is 12.1. The van der Waals surface area contributed by atoms with Gasteiger partial charge in [-0.3, -0.25) is 18.8 Å². The number of nitrogens with one attached hydrogen (secondary N) is 1. The molecular formula is C15H19N5O2. The molecule has 1 aliphatic carbocycles. The van der Waals surface area contributed by atoms with Crippen molar-refractivity contribution in [3.05, 3.63) is 40.2 Å². The van der Waals surface area contributed by atoms with Crippen molar-refractivity contribution in [2.45, 2.75) is 38.6 Å². The molecule has 2 aromatic heterocycles. The van der Waals surface area contributed by atoms with Crippen LogP contribution in [0, 0.1) is 6.92 Å². The topological polar surface area (TPSA) is 81.8 Å². The number of rotatable bonds is 4. The van der Waals surface area contributed by atoms with Gasteiger partial charge in [0.15, 0.2) is 0 Å². The SMILES string of the molecule is Cc1cc(NC(=O)Cn2cnc(C3CCC3)cc2=O)n(C)n1. The minimum Gasteiger partial charge on any atom is -0.309 e. The summed E-state index contributed by atoms with van der Waals surface area (Å²) < 4.78 is 2.91. The van der Waals surface area contributed by atoms with Crippen molar-refractivity contribution in [1.29, 1.82) is 0 Å². The number of anilines is 1. The zero-order valence-electron chi connectivity index (χ0n) is 12.7. The first-order valence-corrected chi connectivity index (χ1v) is 7.40. The number of nitrogens with zero attached hydrogens (tertiary/aromatic N) is 4. The fraction of sp³-hybridized carbons (Fsp3) is 0.467. The van der Waals surface area contributed by atoms with Crippen LogP contribution in [-0.2, 0) is 18.4 Å². The summed E-state index contributed by atoms with van der Waals surface area (Å²) in [5.74, 6) is 0.742. The van der Waals surface area contributed by atoms with Crippen molar-refractivity contribution >= 4 is 11.7 Å². The lowest BCUT2D eigenvalue weighted by molar-refractivity contribution is -0.116. The largest absolute Gasteiger partial charge is 0.309 e. The van der Waals surface area contributed by atoms with Gasteiger partial charge in [-0.15, -0.1) is 0 Å². The lowest BCUT2D eigenvalue weighted by Crippen LogP contribution is -2.29. The summed E-state index contributed by atoms with van der Waals surface area (Å²) in [5, 5.41) is 6.90. The van der Waals surface area contributed by atoms with Crippen LogP contribution in [0.1, 0.15) is 36.6 Å². The third-order valence-electron chi connectivity index (χ3n) is 4.01. The molecule has 0 aromatic carbocycles. The van der Waals surface area contributed by atoms with Gasteiger partial charge in [-0.1, -0.05) is 6.42 Å². The molecule has 1 aliphatic rings. The van der Waals surface area contributed by atoms with E-state index < -0.39 is 0 Å². The molecule has 0 aliphatic heterocycles. The lowest BCUT2D eigenvalue weighted by Gasteiger charge is -2.24. The van der Waals surface area contributed by atoms with Crippen LogP contribution < -0.4 is 10.9 Å². The number of amides is 1. The van der Waals surface area contributed by atoms with E-state index in [1.807, 2.05) is 6.92 Å². The summed E-state index contributed by atoms with van der Waals surface area (Å²) >= 11 is 0. The molecule has 0 saturated heterocycles. The van der Waals surface area contributed by atoms with Gasteiger partial charge in [0.25, 0.3) is 5.56 Å². The van der Waals surface area contributed by atoms with Gasteiger partial charge in [0.05, 0.1) is 17.7 Å². The monoisotopic (exact) mass is 301 g/mol. The molecule has 0 spiro atoms. The summed E-state index contributed by atoms with van der Waals surface area (Å²) in [5.41, 5.74) is 1.48. The maximum Gasteiger partial charge on any atom is 0.254 e. The summed E-state index contributed by atoms with van der Waals surface area (Å²) in [6, 6.07) is 3.32. The zero-order chi connectivity index (χ0) is 15.7. The molecule has 2 aromatic rings. The first-order valence-electron chi connectivity index (χ1n) is 7.40. The quantitative estimate of drug-likeness (QED) is 0.919. The number of aryl methyl sites for hydroxylation is 2. The van der Waals surface area contributed by atoms with Crippen LogP contribution in [0.15, 0.2) is 23.3 Å². The predicted octanol–water partition coefficient (Wildman–Crippen LogP) is 1.19. The third-order valence-corrected chi connectivity index (χ3v) is 4.01. The van der Waals surface area contributed by atoms with E-state index in [0.29, 0.717) is 11.7 Å². The maximum atomic E-state index is 12.1. The normalized spacial score (nSPS) is 14.6. The van der Waals surface area contributed by atoms with Gasteiger partial charge in [0, 0.05) is 25.1 Å². The summed E-state index contributed by atoms with van der Waals surface area (Å²) in [6.45, 7) is 1.80. The van der Waals surface area contributed by atoms with Gasteiger partial charge in [0.1, 0.15) is 12.4 Å². The van der Waals surface area contributed by atoms with E-state index in [4.69, 9.17) is 0 Å². The molecule has 1 amide bonds. The summed E-state index contributed by atoms with van der Waals surface area (Å²) in [6.07, 6.45) is 4.85. The van der Waals surface area contributed by atoms with Crippen LogP contribution in [-0.4, -0.2) is 25.2 Å². The second-order valence-electron chi connectivity index (χ2n) is 5.75. The smallest absolute Gasteiger partial charge is 0.254 e. The molecule has 116 valence electrons. The van der Waals surface area contributed by atoms with Gasteiger partial charge in [-0.2, -0.15) is 5.10 Å². The molecule has 3 rings (SSSR count). The molecule has 1 saturated carbocycles. The van der Waals surface area contributed by atoms with Crippen molar-refractivity contribution in [1.82, 2.24) is 19.3 Å². The van der Waals surface area contributed by atoms with Crippen molar-refractivity contribution in [3.8, 4) is 0 Å². The van der Waals surface area contributed by atoms with Gasteiger partial charge in [-0.25, -0.2) is 4.98 Å². The van der Waals surface area contributed by atoms with Crippen LogP contribution in [0.3, 0.4) is 0 Å². The van der Waals surface area contributed by atoms with Gasteiger partial charge in [-0.05, 0) is 19.8 Å². The molecule has 0 radical (unpaired) electrons. The highest BCUT2D eigenvalue weighted by Gasteiger charge is 2.21. The Kier molecular flexibility index (Phi) is 3.79. The molecular weight excluding hydrogens is 282 g/mol. The second-order valence-corrected chi connectivity index (χ2v) is 5.75. The van der Waals surface area contributed by atoms with Crippen LogP contribution in [0.5, 0.6) is 0 Å². The van der Waals surface area contributed by atoms with Crippen LogP contribution >= 0.6 is 0 Å². The van der Waals surface area contributed by atoms with E-state index in [1.54, 1.807) is 23.9 Å². The number of aromatic nitrogens is 4. The molecule has 22 heavy (non-hydrogen) atoms. The van der Waals surface area contributed by atoms with Crippen molar-refractivity contribution in [2.75, 3.05) is 5.32 Å². The number of carbonyl (C=O) groups is 1. The molecule has 7 heteroatoms. The Hall–Kier alpha value is -2.44. The minimum absolute atomic E-state index is 0.0546. The average Bonchev–Trinajstić information content (AvgIpc) is 2.69. The van der Waals surface area contributed by atoms with Crippen molar-refractivity contribution < 1.29 is 4.79 Å². The Labute approximate surface area is 128 Å². The van der Waals surface area contributed by atoms with Gasteiger partial charge in [0.2, 0.25) is 5.91 Å². The van der Waals surface area contributed by atoms with E-state index in [-0.39, 0.29) is 18.0 Å². The average molecular weight is 301 g/mol. The Morgan fingerprint density at radius 2 is 2.18 bits per heavy atom.